The number of fused-ring (bicyclic) bond motifs is 2. The molecule has 8 nitrogen and oxygen atoms in total. The molecule has 4 heterocycles. The van der Waals surface area contributed by atoms with E-state index in [0.717, 1.165) is 15.8 Å². The van der Waals surface area contributed by atoms with Crippen LogP contribution >= 0.6 is 11.5 Å². The second kappa shape index (κ2) is 7.06. The van der Waals surface area contributed by atoms with Crippen molar-refractivity contribution in [1.82, 2.24) is 24.5 Å². The number of benzene rings is 1. The highest BCUT2D eigenvalue weighted by molar-refractivity contribution is 7.13. The quantitative estimate of drug-likeness (QED) is 0.518. The zero-order valence-corrected chi connectivity index (χ0v) is 17.0. The summed E-state index contributed by atoms with van der Waals surface area (Å²) in [5.74, 6) is -0.693. The van der Waals surface area contributed by atoms with Gasteiger partial charge in [0, 0.05) is 18.3 Å². The van der Waals surface area contributed by atoms with Crippen LogP contribution in [0.15, 0.2) is 36.7 Å². The first-order chi connectivity index (χ1) is 14.6. The number of para-hydroxylation sites is 1. The normalized spacial score (nSPS) is 15.7. The number of hydrogen-bond donors (Lipinski definition) is 2. The van der Waals surface area contributed by atoms with Crippen molar-refractivity contribution >= 4 is 39.0 Å². The molecule has 152 valence electrons. The van der Waals surface area contributed by atoms with E-state index < -0.39 is 5.82 Å². The number of nitrogens with one attached hydrogen (secondary N) is 2. The number of ether oxygens (including phenoxy) is 1. The van der Waals surface area contributed by atoms with Gasteiger partial charge in [-0.05, 0) is 36.7 Å². The number of hydrogen-bond acceptors (Lipinski definition) is 7. The van der Waals surface area contributed by atoms with Crippen molar-refractivity contribution in [2.45, 2.75) is 13.0 Å². The molecule has 0 saturated heterocycles. The fourth-order valence-electron chi connectivity index (χ4n) is 3.61. The maximum Gasteiger partial charge on any atom is 0.271 e. The van der Waals surface area contributed by atoms with Crippen molar-refractivity contribution in [2.75, 3.05) is 19.0 Å². The van der Waals surface area contributed by atoms with Crippen LogP contribution in [0.3, 0.4) is 0 Å². The highest BCUT2D eigenvalue weighted by Gasteiger charge is 2.32. The molecule has 1 aromatic carbocycles. The zero-order chi connectivity index (χ0) is 20.8. The number of methoxy groups -OCH3 is 1. The summed E-state index contributed by atoms with van der Waals surface area (Å²) in [6.07, 6.45) is 3.37. The van der Waals surface area contributed by atoms with Crippen molar-refractivity contribution in [1.29, 1.82) is 0 Å². The number of aromatic nitrogens is 4. The first kappa shape index (κ1) is 18.5. The van der Waals surface area contributed by atoms with Crippen LogP contribution in [0.25, 0.3) is 21.5 Å². The summed E-state index contributed by atoms with van der Waals surface area (Å²) < 4.78 is 26.3. The first-order valence-electron chi connectivity index (χ1n) is 9.28. The summed E-state index contributed by atoms with van der Waals surface area (Å²) in [4.78, 5) is 17.1. The molecule has 0 saturated carbocycles. The van der Waals surface area contributed by atoms with Crippen LogP contribution in [0.5, 0.6) is 5.75 Å². The molecular formula is C20H17FN6O2S. The third-order valence-electron chi connectivity index (χ3n) is 5.04. The molecule has 0 bridgehead atoms. The Bertz CT molecular complexity index is 1280. The molecule has 0 fully saturated rings. The maximum atomic E-state index is 14.3. The van der Waals surface area contributed by atoms with Crippen LogP contribution in [-0.2, 0) is 0 Å². The van der Waals surface area contributed by atoms with E-state index in [4.69, 9.17) is 9.84 Å². The molecule has 0 aliphatic carbocycles. The van der Waals surface area contributed by atoms with Crippen molar-refractivity contribution in [3.05, 3.63) is 48.2 Å². The van der Waals surface area contributed by atoms with Gasteiger partial charge in [0.25, 0.3) is 5.91 Å². The van der Waals surface area contributed by atoms with Crippen LogP contribution < -0.4 is 15.4 Å². The number of nitrogens with zero attached hydrogens (tertiary/aromatic N) is 4. The number of carbonyl (C=O) groups excluding carboxylic acids is 1. The van der Waals surface area contributed by atoms with Gasteiger partial charge in [-0.2, -0.15) is 9.47 Å². The number of amides is 1. The molecule has 1 amide bonds. The molecular weight excluding hydrogens is 407 g/mol. The van der Waals surface area contributed by atoms with Gasteiger partial charge in [-0.1, -0.05) is 6.07 Å². The van der Waals surface area contributed by atoms with Crippen LogP contribution in [-0.4, -0.2) is 38.7 Å². The van der Waals surface area contributed by atoms with E-state index in [9.17, 15) is 9.18 Å². The van der Waals surface area contributed by atoms with Crippen LogP contribution in [0.2, 0.25) is 0 Å². The predicted octanol–water partition coefficient (Wildman–Crippen LogP) is 3.75. The minimum atomic E-state index is -0.503. The van der Waals surface area contributed by atoms with Gasteiger partial charge >= 0.3 is 0 Å². The summed E-state index contributed by atoms with van der Waals surface area (Å²) in [5.41, 5.74) is 3.36. The lowest BCUT2D eigenvalue weighted by atomic mass is 10.1. The molecule has 3 aromatic heterocycles. The largest absolute Gasteiger partial charge is 0.492 e. The average molecular weight is 424 g/mol. The molecule has 0 radical (unpaired) electrons. The molecule has 0 unspecified atom stereocenters. The highest BCUT2D eigenvalue weighted by Crippen LogP contribution is 2.41. The number of anilines is 2. The van der Waals surface area contributed by atoms with Gasteiger partial charge in [-0.3, -0.25) is 14.5 Å². The van der Waals surface area contributed by atoms with Crippen LogP contribution in [0.1, 0.15) is 23.5 Å². The summed E-state index contributed by atoms with van der Waals surface area (Å²) in [5, 5.41) is 10.9. The highest BCUT2D eigenvalue weighted by atomic mass is 32.1. The lowest BCUT2D eigenvalue weighted by Gasteiger charge is -2.22. The summed E-state index contributed by atoms with van der Waals surface area (Å²) in [7, 11) is 1.40. The fraction of sp³-hybridized carbons (Fsp3) is 0.200. The number of pyridine rings is 1. The van der Waals surface area contributed by atoms with Crippen molar-refractivity contribution in [3.8, 4) is 17.0 Å². The second-order valence-corrected chi connectivity index (χ2v) is 7.72. The fourth-order valence-corrected chi connectivity index (χ4v) is 4.33. The lowest BCUT2D eigenvalue weighted by Crippen LogP contribution is -2.38. The third kappa shape index (κ3) is 2.79. The molecule has 0 spiro atoms. The molecule has 10 heteroatoms. The maximum absolute atomic E-state index is 14.3. The van der Waals surface area contributed by atoms with E-state index >= 15 is 0 Å². The molecule has 1 aliphatic rings. The van der Waals surface area contributed by atoms with Gasteiger partial charge < -0.3 is 15.4 Å². The Labute approximate surface area is 174 Å². The van der Waals surface area contributed by atoms with Gasteiger partial charge in [0.2, 0.25) is 0 Å². The van der Waals surface area contributed by atoms with E-state index in [-0.39, 0.29) is 17.7 Å². The molecule has 2 N–H and O–H groups in total. The van der Waals surface area contributed by atoms with Crippen molar-refractivity contribution < 1.29 is 13.9 Å². The van der Waals surface area contributed by atoms with Gasteiger partial charge in [0.15, 0.2) is 17.3 Å². The predicted molar refractivity (Wildman–Crippen MR) is 112 cm³/mol. The van der Waals surface area contributed by atoms with E-state index in [0.29, 0.717) is 29.3 Å². The Morgan fingerprint density at radius 2 is 2.23 bits per heavy atom. The van der Waals surface area contributed by atoms with Crippen molar-refractivity contribution in [2.24, 2.45) is 0 Å². The minimum Gasteiger partial charge on any atom is -0.492 e. The summed E-state index contributed by atoms with van der Waals surface area (Å²) in [6, 6.07) is 6.38. The summed E-state index contributed by atoms with van der Waals surface area (Å²) in [6.45, 7) is 2.45. The zero-order valence-electron chi connectivity index (χ0n) is 16.1. The van der Waals surface area contributed by atoms with E-state index in [1.807, 2.05) is 13.0 Å². The van der Waals surface area contributed by atoms with E-state index in [1.165, 1.54) is 24.7 Å². The topological polar surface area (TPSA) is 94.0 Å². The Kier molecular flexibility index (Phi) is 4.35. The van der Waals surface area contributed by atoms with E-state index in [2.05, 4.69) is 20.0 Å². The SMILES string of the molecule is COc1c(F)cccc1Nc1c(-c2ccnc3cnsc23)nn2c1C(=O)NC[C@@H]2C. The monoisotopic (exact) mass is 424 g/mol. The average Bonchev–Trinajstić information content (AvgIpc) is 3.36. The summed E-state index contributed by atoms with van der Waals surface area (Å²) >= 11 is 1.31. The van der Waals surface area contributed by atoms with Crippen molar-refractivity contribution in [3.63, 3.8) is 0 Å². The minimum absolute atomic E-state index is 0.0415. The Balaban J connectivity index is 1.76. The third-order valence-corrected chi connectivity index (χ3v) is 5.86. The Morgan fingerprint density at radius 1 is 1.37 bits per heavy atom. The number of carbonyl (C=O) groups is 1. The Morgan fingerprint density at radius 3 is 3.07 bits per heavy atom. The molecule has 1 aliphatic heterocycles. The first-order valence-corrected chi connectivity index (χ1v) is 10.1. The van der Waals surface area contributed by atoms with Gasteiger partial charge in [0.05, 0.1) is 35.4 Å². The molecule has 30 heavy (non-hydrogen) atoms. The number of halogens is 1. The molecule has 5 rings (SSSR count). The number of rotatable bonds is 4. The lowest BCUT2D eigenvalue weighted by molar-refractivity contribution is 0.0913. The van der Waals surface area contributed by atoms with Gasteiger partial charge in [-0.25, -0.2) is 4.39 Å². The standard InChI is InChI=1S/C20H17FN6O2S/c1-10-8-23-20(28)17-16(25-13-5-3-4-12(21)18(13)29-2)15(26-27(10)17)11-6-7-22-14-9-24-30-19(11)14/h3-7,9-10,25H,8H2,1-2H3,(H,23,28)/t10-/m0/s1. The van der Waals surface area contributed by atoms with E-state index in [1.54, 1.807) is 29.2 Å². The van der Waals surface area contributed by atoms with Crippen LogP contribution in [0.4, 0.5) is 15.8 Å². The molecule has 4 aromatic rings. The smallest absolute Gasteiger partial charge is 0.271 e. The second-order valence-electron chi connectivity index (χ2n) is 6.92. The Hall–Kier alpha value is -3.53. The van der Waals surface area contributed by atoms with Crippen LogP contribution in [0, 0.1) is 5.82 Å². The van der Waals surface area contributed by atoms with Gasteiger partial charge in [-0.15, -0.1) is 0 Å². The van der Waals surface area contributed by atoms with Gasteiger partial charge in [0.1, 0.15) is 11.2 Å². The molecule has 1 atom stereocenters.